The predicted molar refractivity (Wildman–Crippen MR) is 42.8 cm³/mol. The first-order chi connectivity index (χ1) is 5.36. The van der Waals surface area contributed by atoms with Crippen LogP contribution in [0.4, 0.5) is 0 Å². The fourth-order valence-electron chi connectivity index (χ4n) is 1.73. The van der Waals surface area contributed by atoms with Gasteiger partial charge >= 0.3 is 6.47 Å². The SMILES string of the molecule is CCC1CCC(O[C]=O)CC1. The summed E-state index contributed by atoms with van der Waals surface area (Å²) in [4.78, 5) is 9.88. The molecule has 0 spiro atoms. The largest absolute Gasteiger partial charge is 0.454 e. The molecule has 2 heteroatoms. The maximum absolute atomic E-state index is 9.88. The van der Waals surface area contributed by atoms with Crippen molar-refractivity contribution in [3.8, 4) is 0 Å². The Bertz CT molecular complexity index is 115. The molecule has 1 saturated carbocycles. The molecular formula is C9H15O2. The highest BCUT2D eigenvalue weighted by Crippen LogP contribution is 2.27. The first-order valence-corrected chi connectivity index (χ1v) is 4.39. The van der Waals surface area contributed by atoms with Crippen LogP contribution < -0.4 is 0 Å². The summed E-state index contributed by atoms with van der Waals surface area (Å²) in [7, 11) is 0. The normalized spacial score (nSPS) is 31.4. The smallest absolute Gasteiger partial charge is 0.417 e. The molecule has 0 unspecified atom stereocenters. The van der Waals surface area contributed by atoms with Crippen molar-refractivity contribution in [2.45, 2.75) is 45.1 Å². The molecule has 0 bridgehead atoms. The number of ether oxygens (including phenoxy) is 1. The minimum absolute atomic E-state index is 0.162. The predicted octanol–water partition coefficient (Wildman–Crippen LogP) is 2.04. The lowest BCUT2D eigenvalue weighted by Crippen LogP contribution is -2.20. The van der Waals surface area contributed by atoms with Crippen molar-refractivity contribution in [2.24, 2.45) is 5.92 Å². The minimum atomic E-state index is 0.162. The lowest BCUT2D eigenvalue weighted by molar-refractivity contribution is 0.113. The molecule has 1 fully saturated rings. The first-order valence-electron chi connectivity index (χ1n) is 4.39. The van der Waals surface area contributed by atoms with E-state index in [4.69, 9.17) is 4.74 Å². The van der Waals surface area contributed by atoms with E-state index in [-0.39, 0.29) is 6.10 Å². The van der Waals surface area contributed by atoms with Gasteiger partial charge in [0.25, 0.3) is 0 Å². The lowest BCUT2D eigenvalue weighted by Gasteiger charge is -2.25. The molecule has 0 aromatic heterocycles. The van der Waals surface area contributed by atoms with E-state index in [1.54, 1.807) is 0 Å². The van der Waals surface area contributed by atoms with Crippen LogP contribution in [0.5, 0.6) is 0 Å². The molecule has 0 aromatic carbocycles. The van der Waals surface area contributed by atoms with Crippen molar-refractivity contribution in [3.05, 3.63) is 0 Å². The summed E-state index contributed by atoms with van der Waals surface area (Å²) in [5.74, 6) is 0.863. The van der Waals surface area contributed by atoms with E-state index in [1.165, 1.54) is 25.7 Å². The van der Waals surface area contributed by atoms with Gasteiger partial charge in [-0.3, -0.25) is 0 Å². The maximum Gasteiger partial charge on any atom is 0.417 e. The molecule has 0 N–H and O–H groups in total. The fraction of sp³-hybridized carbons (Fsp3) is 0.889. The van der Waals surface area contributed by atoms with E-state index in [2.05, 4.69) is 6.92 Å². The monoisotopic (exact) mass is 155 g/mol. The fourth-order valence-corrected chi connectivity index (χ4v) is 1.73. The molecule has 0 atom stereocenters. The molecule has 0 aliphatic heterocycles. The summed E-state index contributed by atoms with van der Waals surface area (Å²) in [5.41, 5.74) is 0. The summed E-state index contributed by atoms with van der Waals surface area (Å²) in [6.07, 6.45) is 5.92. The van der Waals surface area contributed by atoms with E-state index in [1.807, 2.05) is 0 Å². The molecule has 0 aromatic rings. The second kappa shape index (κ2) is 4.37. The van der Waals surface area contributed by atoms with E-state index in [0.29, 0.717) is 0 Å². The summed E-state index contributed by atoms with van der Waals surface area (Å²) >= 11 is 0. The van der Waals surface area contributed by atoms with E-state index < -0.39 is 0 Å². The Morgan fingerprint density at radius 2 is 2.00 bits per heavy atom. The molecule has 63 valence electrons. The van der Waals surface area contributed by atoms with Gasteiger partial charge in [0.15, 0.2) is 0 Å². The summed E-state index contributed by atoms with van der Waals surface area (Å²) in [5, 5.41) is 0. The highest BCUT2D eigenvalue weighted by molar-refractivity contribution is 5.38. The molecular weight excluding hydrogens is 140 g/mol. The molecule has 0 amide bonds. The van der Waals surface area contributed by atoms with Crippen molar-refractivity contribution in [1.29, 1.82) is 0 Å². The standard InChI is InChI=1S/C9H15O2/c1-2-8-3-5-9(6-4-8)11-7-10/h8-9H,2-6H2,1H3. The number of hydrogen-bond donors (Lipinski definition) is 0. The van der Waals surface area contributed by atoms with Crippen molar-refractivity contribution in [2.75, 3.05) is 0 Å². The Balaban J connectivity index is 2.18. The average molecular weight is 155 g/mol. The van der Waals surface area contributed by atoms with Gasteiger partial charge < -0.3 is 4.74 Å². The highest BCUT2D eigenvalue weighted by atomic mass is 16.5. The Morgan fingerprint density at radius 3 is 2.45 bits per heavy atom. The van der Waals surface area contributed by atoms with Crippen LogP contribution in [-0.4, -0.2) is 12.6 Å². The third-order valence-corrected chi connectivity index (χ3v) is 2.59. The minimum Gasteiger partial charge on any atom is -0.454 e. The van der Waals surface area contributed by atoms with Gasteiger partial charge in [0.05, 0.1) is 0 Å². The zero-order chi connectivity index (χ0) is 8.10. The van der Waals surface area contributed by atoms with Gasteiger partial charge in [-0.1, -0.05) is 13.3 Å². The summed E-state index contributed by atoms with van der Waals surface area (Å²) < 4.78 is 4.77. The van der Waals surface area contributed by atoms with Crippen molar-refractivity contribution < 1.29 is 9.53 Å². The van der Waals surface area contributed by atoms with Crippen LogP contribution in [0, 0.1) is 5.92 Å². The van der Waals surface area contributed by atoms with E-state index in [9.17, 15) is 4.79 Å². The third kappa shape index (κ3) is 2.52. The zero-order valence-electron chi connectivity index (χ0n) is 7.01. The second-order valence-corrected chi connectivity index (χ2v) is 3.25. The van der Waals surface area contributed by atoms with Crippen LogP contribution in [0.25, 0.3) is 0 Å². The Morgan fingerprint density at radius 1 is 1.36 bits per heavy atom. The quantitative estimate of drug-likeness (QED) is 0.623. The number of rotatable bonds is 3. The van der Waals surface area contributed by atoms with Gasteiger partial charge in [0, 0.05) is 0 Å². The Kier molecular flexibility index (Phi) is 3.40. The van der Waals surface area contributed by atoms with Crippen LogP contribution in [0.3, 0.4) is 0 Å². The lowest BCUT2D eigenvalue weighted by atomic mass is 9.86. The van der Waals surface area contributed by atoms with Crippen molar-refractivity contribution >= 4 is 6.47 Å². The van der Waals surface area contributed by atoms with E-state index in [0.717, 1.165) is 18.8 Å². The van der Waals surface area contributed by atoms with Gasteiger partial charge in [-0.2, -0.15) is 0 Å². The van der Waals surface area contributed by atoms with E-state index >= 15 is 0 Å². The zero-order valence-corrected chi connectivity index (χ0v) is 7.01. The number of hydrogen-bond acceptors (Lipinski definition) is 2. The molecule has 11 heavy (non-hydrogen) atoms. The molecule has 1 radical (unpaired) electrons. The summed E-state index contributed by atoms with van der Waals surface area (Å²) in [6.45, 7) is 3.74. The molecule has 1 aliphatic carbocycles. The third-order valence-electron chi connectivity index (χ3n) is 2.59. The van der Waals surface area contributed by atoms with Gasteiger partial charge in [0.1, 0.15) is 6.10 Å². The van der Waals surface area contributed by atoms with Crippen molar-refractivity contribution in [1.82, 2.24) is 0 Å². The first kappa shape index (κ1) is 8.57. The van der Waals surface area contributed by atoms with Gasteiger partial charge in [-0.25, -0.2) is 4.79 Å². The number of carbonyl (C=O) groups excluding carboxylic acids is 1. The van der Waals surface area contributed by atoms with Crippen LogP contribution >= 0.6 is 0 Å². The van der Waals surface area contributed by atoms with Crippen LogP contribution in [-0.2, 0) is 9.53 Å². The van der Waals surface area contributed by atoms with Gasteiger partial charge in [-0.05, 0) is 31.6 Å². The molecule has 2 nitrogen and oxygen atoms in total. The highest BCUT2D eigenvalue weighted by Gasteiger charge is 2.20. The van der Waals surface area contributed by atoms with Gasteiger partial charge in [-0.15, -0.1) is 0 Å². The summed E-state index contributed by atoms with van der Waals surface area (Å²) in [6, 6.07) is 0. The van der Waals surface area contributed by atoms with Crippen LogP contribution in [0.15, 0.2) is 0 Å². The molecule has 1 aliphatic rings. The Hall–Kier alpha value is -0.530. The van der Waals surface area contributed by atoms with Crippen LogP contribution in [0.2, 0.25) is 0 Å². The topological polar surface area (TPSA) is 26.3 Å². The second-order valence-electron chi connectivity index (χ2n) is 3.25. The molecule has 0 heterocycles. The molecule has 1 rings (SSSR count). The molecule has 0 saturated heterocycles. The average Bonchev–Trinajstić information content (AvgIpc) is 2.07. The Labute approximate surface area is 67.9 Å². The van der Waals surface area contributed by atoms with Gasteiger partial charge in [0.2, 0.25) is 0 Å². The van der Waals surface area contributed by atoms with Crippen LogP contribution in [0.1, 0.15) is 39.0 Å². The maximum atomic E-state index is 9.88. The van der Waals surface area contributed by atoms with Crippen molar-refractivity contribution in [3.63, 3.8) is 0 Å².